The van der Waals surface area contributed by atoms with Crippen LogP contribution in [-0.4, -0.2) is 0 Å². The van der Waals surface area contributed by atoms with Crippen LogP contribution in [0.1, 0.15) is 11.1 Å². The van der Waals surface area contributed by atoms with Crippen LogP contribution in [0.3, 0.4) is 0 Å². The van der Waals surface area contributed by atoms with Gasteiger partial charge in [-0.25, -0.2) is 0 Å². The number of benzene rings is 2. The zero-order chi connectivity index (χ0) is 14.5. The van der Waals surface area contributed by atoms with Crippen LogP contribution in [-0.2, 0) is 0 Å². The molecule has 0 atom stereocenters. The first-order valence-electron chi connectivity index (χ1n) is 6.09. The van der Waals surface area contributed by atoms with Crippen molar-refractivity contribution in [3.63, 3.8) is 0 Å². The molecule has 2 aromatic carbocycles. The third-order valence-electron chi connectivity index (χ3n) is 2.62. The van der Waals surface area contributed by atoms with Crippen molar-refractivity contribution in [2.45, 2.75) is 23.6 Å². The van der Waals surface area contributed by atoms with Gasteiger partial charge in [-0.15, -0.1) is 0 Å². The maximum absolute atomic E-state index is 6.01. The van der Waals surface area contributed by atoms with Crippen molar-refractivity contribution < 1.29 is 0 Å². The summed E-state index contributed by atoms with van der Waals surface area (Å²) in [4.78, 5) is 2.26. The van der Waals surface area contributed by atoms with E-state index in [1.54, 1.807) is 23.5 Å². The van der Waals surface area contributed by atoms with Crippen molar-refractivity contribution in [2.75, 3.05) is 0 Å². The van der Waals surface area contributed by atoms with Gasteiger partial charge in [0.1, 0.15) is 4.49 Å². The van der Waals surface area contributed by atoms with Gasteiger partial charge in [-0.2, -0.15) is 0 Å². The molecule has 20 heavy (non-hydrogen) atoms. The Kier molecular flexibility index (Phi) is 5.91. The van der Waals surface area contributed by atoms with Crippen LogP contribution in [0.5, 0.6) is 0 Å². The molecule has 0 saturated heterocycles. The van der Waals surface area contributed by atoms with Crippen LogP contribution in [0.4, 0.5) is 0 Å². The van der Waals surface area contributed by atoms with E-state index in [2.05, 4.69) is 62.4 Å². The van der Waals surface area contributed by atoms with Crippen LogP contribution in [0, 0.1) is 13.8 Å². The zero-order valence-electron chi connectivity index (χ0n) is 11.2. The predicted octanol–water partition coefficient (Wildman–Crippen LogP) is 6.79. The second-order valence-electron chi connectivity index (χ2n) is 4.38. The fourth-order valence-electron chi connectivity index (χ4n) is 1.52. The highest BCUT2D eigenvalue weighted by molar-refractivity contribution is 8.22. The summed E-state index contributed by atoms with van der Waals surface area (Å²) in [5.41, 5.74) is 2.48. The maximum atomic E-state index is 6.01. The van der Waals surface area contributed by atoms with E-state index in [0.717, 1.165) is 14.0 Å². The molecule has 0 bridgehead atoms. The van der Waals surface area contributed by atoms with Crippen molar-refractivity contribution in [1.82, 2.24) is 0 Å². The van der Waals surface area contributed by atoms with Gasteiger partial charge < -0.3 is 0 Å². The molecule has 2 aromatic rings. The van der Waals surface area contributed by atoms with Gasteiger partial charge in [-0.3, -0.25) is 0 Å². The molecule has 104 valence electrons. The molecule has 0 fully saturated rings. The van der Waals surface area contributed by atoms with Gasteiger partial charge in [0.05, 0.1) is 4.24 Å². The number of rotatable bonds is 4. The summed E-state index contributed by atoms with van der Waals surface area (Å²) in [5.74, 6) is 0. The lowest BCUT2D eigenvalue weighted by Crippen LogP contribution is -1.78. The van der Waals surface area contributed by atoms with Crippen molar-refractivity contribution in [3.05, 3.63) is 68.4 Å². The van der Waals surface area contributed by atoms with E-state index in [0.29, 0.717) is 4.49 Å². The van der Waals surface area contributed by atoms with E-state index in [1.165, 1.54) is 11.1 Å². The quantitative estimate of drug-likeness (QED) is 0.561. The van der Waals surface area contributed by atoms with Gasteiger partial charge in [0.25, 0.3) is 0 Å². The van der Waals surface area contributed by atoms with E-state index in [9.17, 15) is 0 Å². The largest absolute Gasteiger partial charge is 0.127 e. The Balaban J connectivity index is 2.14. The summed E-state index contributed by atoms with van der Waals surface area (Å²) in [5, 5.41) is 0. The first-order chi connectivity index (χ1) is 9.54. The molecular formula is C16H14Cl2S2. The molecule has 0 amide bonds. The average Bonchev–Trinajstić information content (AvgIpc) is 2.42. The summed E-state index contributed by atoms with van der Waals surface area (Å²) >= 11 is 15.2. The van der Waals surface area contributed by atoms with Gasteiger partial charge in [-0.05, 0) is 38.1 Å². The Hall–Kier alpha value is -0.540. The van der Waals surface area contributed by atoms with Crippen LogP contribution in [0.15, 0.2) is 67.1 Å². The minimum absolute atomic E-state index is 0.307. The van der Waals surface area contributed by atoms with Gasteiger partial charge >= 0.3 is 0 Å². The van der Waals surface area contributed by atoms with Gasteiger partial charge in [0.15, 0.2) is 0 Å². The number of thioether (sulfide) groups is 2. The third-order valence-corrected chi connectivity index (χ3v) is 5.74. The highest BCUT2D eigenvalue weighted by atomic mass is 35.5. The second-order valence-corrected chi connectivity index (χ2v) is 7.75. The van der Waals surface area contributed by atoms with Crippen LogP contribution < -0.4 is 0 Å². The molecule has 0 aromatic heterocycles. The average molecular weight is 341 g/mol. The molecule has 0 spiro atoms. The van der Waals surface area contributed by atoms with Crippen molar-refractivity contribution >= 4 is 46.7 Å². The molecule has 0 nitrogen and oxygen atoms in total. The van der Waals surface area contributed by atoms with E-state index in [-0.39, 0.29) is 0 Å². The van der Waals surface area contributed by atoms with Crippen LogP contribution in [0.25, 0.3) is 0 Å². The normalized spacial score (nSPS) is 10.4. The lowest BCUT2D eigenvalue weighted by atomic mass is 10.2. The second kappa shape index (κ2) is 7.46. The molecule has 2 rings (SSSR count). The molecular weight excluding hydrogens is 327 g/mol. The fourth-order valence-corrected chi connectivity index (χ4v) is 3.86. The minimum Gasteiger partial charge on any atom is -0.0802 e. The zero-order valence-corrected chi connectivity index (χ0v) is 14.3. The third kappa shape index (κ3) is 4.78. The molecule has 0 aliphatic rings. The molecule has 0 unspecified atom stereocenters. The topological polar surface area (TPSA) is 0 Å². The molecule has 4 heteroatoms. The molecule has 0 N–H and O–H groups in total. The monoisotopic (exact) mass is 340 g/mol. The fraction of sp³-hybridized carbons (Fsp3) is 0.125. The summed E-state index contributed by atoms with van der Waals surface area (Å²) in [6.45, 7) is 4.14. The molecule has 0 saturated carbocycles. The SMILES string of the molecule is Cc1ccc(SC(Sc2ccc(C)cc2)=C(Cl)Cl)cc1. The lowest BCUT2D eigenvalue weighted by molar-refractivity contribution is 1.38. The van der Waals surface area contributed by atoms with Crippen molar-refractivity contribution in [3.8, 4) is 0 Å². The molecule has 0 heterocycles. The molecule has 0 aliphatic carbocycles. The van der Waals surface area contributed by atoms with Gasteiger partial charge in [0.2, 0.25) is 0 Å². The number of hydrogen-bond acceptors (Lipinski definition) is 2. The standard InChI is InChI=1S/C16H14Cl2S2/c1-11-3-7-13(8-4-11)19-16(15(17)18)20-14-9-5-12(2)6-10-14/h3-10H,1-2H3. The Labute approximate surface area is 138 Å². The molecule has 0 aliphatic heterocycles. The van der Waals surface area contributed by atoms with E-state index < -0.39 is 0 Å². The van der Waals surface area contributed by atoms with Gasteiger partial charge in [-0.1, -0.05) is 82.1 Å². The number of aryl methyl sites for hydroxylation is 2. The van der Waals surface area contributed by atoms with Crippen LogP contribution in [0.2, 0.25) is 0 Å². The summed E-state index contributed by atoms with van der Waals surface area (Å²) < 4.78 is 1.20. The van der Waals surface area contributed by atoms with E-state index >= 15 is 0 Å². The highest BCUT2D eigenvalue weighted by Gasteiger charge is 2.08. The first kappa shape index (κ1) is 15.8. The highest BCUT2D eigenvalue weighted by Crippen LogP contribution is 2.43. The summed E-state index contributed by atoms with van der Waals surface area (Å²) in [6.07, 6.45) is 0. The Morgan fingerprint density at radius 3 is 1.35 bits per heavy atom. The Morgan fingerprint density at radius 2 is 1.05 bits per heavy atom. The van der Waals surface area contributed by atoms with E-state index in [1.807, 2.05) is 0 Å². The van der Waals surface area contributed by atoms with Crippen LogP contribution >= 0.6 is 46.7 Å². The van der Waals surface area contributed by atoms with Crippen molar-refractivity contribution in [1.29, 1.82) is 0 Å². The lowest BCUT2D eigenvalue weighted by Gasteiger charge is -2.08. The predicted molar refractivity (Wildman–Crippen MR) is 92.8 cm³/mol. The minimum atomic E-state index is 0.307. The van der Waals surface area contributed by atoms with E-state index in [4.69, 9.17) is 23.2 Å². The summed E-state index contributed by atoms with van der Waals surface area (Å²) in [7, 11) is 0. The molecule has 0 radical (unpaired) electrons. The summed E-state index contributed by atoms with van der Waals surface area (Å²) in [6, 6.07) is 16.6. The number of halogens is 2. The Morgan fingerprint density at radius 1 is 0.700 bits per heavy atom. The number of hydrogen-bond donors (Lipinski definition) is 0. The van der Waals surface area contributed by atoms with Gasteiger partial charge in [0, 0.05) is 9.79 Å². The van der Waals surface area contributed by atoms with Crippen molar-refractivity contribution in [2.24, 2.45) is 0 Å². The maximum Gasteiger partial charge on any atom is 0.127 e. The Bertz CT molecular complexity index is 548. The first-order valence-corrected chi connectivity index (χ1v) is 8.48. The smallest absolute Gasteiger partial charge is 0.0802 e.